The first-order chi connectivity index (χ1) is 8.75. The van der Waals surface area contributed by atoms with E-state index in [9.17, 15) is 4.39 Å². The van der Waals surface area contributed by atoms with E-state index in [1.807, 2.05) is 6.07 Å². The summed E-state index contributed by atoms with van der Waals surface area (Å²) in [5.41, 5.74) is 2.30. The fraction of sp³-hybridized carbons (Fsp3) is 0.385. The average Bonchev–Trinajstić information content (AvgIpc) is 3.08. The predicted molar refractivity (Wildman–Crippen MR) is 65.9 cm³/mol. The van der Waals surface area contributed by atoms with Crippen molar-refractivity contribution in [3.63, 3.8) is 0 Å². The number of hydrogen-bond acceptors (Lipinski definition) is 3. The summed E-state index contributed by atoms with van der Waals surface area (Å²) in [5, 5.41) is 11.4. The molecule has 2 aromatic rings. The predicted octanol–water partition coefficient (Wildman–Crippen LogP) is 1.97. The van der Waals surface area contributed by atoms with Crippen LogP contribution in [0, 0.1) is 12.7 Å². The van der Waals surface area contributed by atoms with Gasteiger partial charge in [-0.3, -0.25) is 0 Å². The summed E-state index contributed by atoms with van der Waals surface area (Å²) in [6, 6.07) is 5.63. The van der Waals surface area contributed by atoms with Gasteiger partial charge in [0.25, 0.3) is 0 Å². The lowest BCUT2D eigenvalue weighted by atomic mass is 10.2. The number of nitrogens with one attached hydrogen (secondary N) is 1. The van der Waals surface area contributed by atoms with Crippen LogP contribution >= 0.6 is 0 Å². The van der Waals surface area contributed by atoms with Gasteiger partial charge in [-0.05, 0) is 31.9 Å². The highest BCUT2D eigenvalue weighted by Crippen LogP contribution is 2.20. The van der Waals surface area contributed by atoms with E-state index >= 15 is 0 Å². The molecule has 94 valence electrons. The molecule has 4 nitrogen and oxygen atoms in total. The number of aromatic nitrogens is 3. The molecular formula is C13H15FN4. The van der Waals surface area contributed by atoms with Gasteiger partial charge in [-0.2, -0.15) is 0 Å². The Morgan fingerprint density at radius 3 is 3.06 bits per heavy atom. The van der Waals surface area contributed by atoms with Gasteiger partial charge in [0.1, 0.15) is 5.82 Å². The van der Waals surface area contributed by atoms with Gasteiger partial charge in [0.05, 0.1) is 17.6 Å². The monoisotopic (exact) mass is 246 g/mol. The summed E-state index contributed by atoms with van der Waals surface area (Å²) in [6.45, 7) is 2.47. The van der Waals surface area contributed by atoms with E-state index in [0.717, 1.165) is 11.4 Å². The normalized spacial score (nSPS) is 15.0. The summed E-state index contributed by atoms with van der Waals surface area (Å²) in [5.74, 6) is -0.218. The number of benzene rings is 1. The minimum atomic E-state index is -0.218. The van der Waals surface area contributed by atoms with Crippen LogP contribution in [0.15, 0.2) is 24.4 Å². The van der Waals surface area contributed by atoms with Gasteiger partial charge in [-0.1, -0.05) is 11.3 Å². The van der Waals surface area contributed by atoms with Gasteiger partial charge >= 0.3 is 0 Å². The molecule has 1 aromatic heterocycles. The van der Waals surface area contributed by atoms with E-state index in [1.165, 1.54) is 18.9 Å². The summed E-state index contributed by atoms with van der Waals surface area (Å²) >= 11 is 0. The molecule has 0 bridgehead atoms. The Bertz CT molecular complexity index is 560. The highest BCUT2D eigenvalue weighted by atomic mass is 19.1. The molecule has 3 rings (SSSR count). The van der Waals surface area contributed by atoms with Crippen LogP contribution in [0.2, 0.25) is 0 Å². The summed E-state index contributed by atoms with van der Waals surface area (Å²) in [6.07, 6.45) is 4.20. The molecule has 1 fully saturated rings. The molecule has 1 aromatic carbocycles. The van der Waals surface area contributed by atoms with Crippen molar-refractivity contribution < 1.29 is 4.39 Å². The summed E-state index contributed by atoms with van der Waals surface area (Å²) in [7, 11) is 0. The minimum Gasteiger partial charge on any atom is -0.308 e. The molecule has 0 saturated heterocycles. The van der Waals surface area contributed by atoms with E-state index in [2.05, 4.69) is 15.6 Å². The third-order valence-corrected chi connectivity index (χ3v) is 3.24. The first kappa shape index (κ1) is 11.3. The third-order valence-electron chi connectivity index (χ3n) is 3.24. The molecule has 1 saturated carbocycles. The zero-order chi connectivity index (χ0) is 12.5. The van der Waals surface area contributed by atoms with Crippen molar-refractivity contribution in [2.24, 2.45) is 0 Å². The van der Waals surface area contributed by atoms with Gasteiger partial charge in [0, 0.05) is 18.2 Å². The first-order valence-electron chi connectivity index (χ1n) is 6.14. The van der Waals surface area contributed by atoms with Crippen molar-refractivity contribution in [3.8, 4) is 5.69 Å². The van der Waals surface area contributed by atoms with Gasteiger partial charge < -0.3 is 5.32 Å². The number of halogens is 1. The molecule has 0 radical (unpaired) electrons. The fourth-order valence-corrected chi connectivity index (χ4v) is 1.94. The molecule has 0 spiro atoms. The van der Waals surface area contributed by atoms with Gasteiger partial charge in [-0.15, -0.1) is 5.10 Å². The van der Waals surface area contributed by atoms with Crippen LogP contribution in [0.4, 0.5) is 4.39 Å². The van der Waals surface area contributed by atoms with Crippen molar-refractivity contribution in [2.75, 3.05) is 0 Å². The van der Waals surface area contributed by atoms with Crippen molar-refractivity contribution in [1.29, 1.82) is 0 Å². The Hall–Kier alpha value is -1.75. The SMILES string of the molecule is Cc1c(F)cccc1-n1nncc1CNC1CC1. The first-order valence-corrected chi connectivity index (χ1v) is 6.14. The Morgan fingerprint density at radius 1 is 1.44 bits per heavy atom. The molecule has 1 aliphatic carbocycles. The third kappa shape index (κ3) is 2.13. The van der Waals surface area contributed by atoms with Crippen LogP contribution in [0.25, 0.3) is 5.69 Å². The van der Waals surface area contributed by atoms with E-state index in [-0.39, 0.29) is 5.82 Å². The van der Waals surface area contributed by atoms with Gasteiger partial charge in [0.15, 0.2) is 0 Å². The highest BCUT2D eigenvalue weighted by Gasteiger charge is 2.21. The Morgan fingerprint density at radius 2 is 2.28 bits per heavy atom. The van der Waals surface area contributed by atoms with E-state index in [1.54, 1.807) is 23.9 Å². The lowest BCUT2D eigenvalue weighted by Gasteiger charge is -2.10. The molecule has 1 N–H and O–H groups in total. The van der Waals surface area contributed by atoms with Crippen molar-refractivity contribution in [3.05, 3.63) is 41.5 Å². The molecule has 5 heteroatoms. The smallest absolute Gasteiger partial charge is 0.128 e. The fourth-order valence-electron chi connectivity index (χ4n) is 1.94. The number of nitrogens with zero attached hydrogens (tertiary/aromatic N) is 3. The highest BCUT2D eigenvalue weighted by molar-refractivity contribution is 5.41. The van der Waals surface area contributed by atoms with Crippen LogP contribution in [0.5, 0.6) is 0 Å². The summed E-state index contributed by atoms with van der Waals surface area (Å²) < 4.78 is 15.3. The molecule has 0 amide bonds. The maximum absolute atomic E-state index is 13.5. The second-order valence-electron chi connectivity index (χ2n) is 4.68. The van der Waals surface area contributed by atoms with E-state index in [0.29, 0.717) is 18.2 Å². The van der Waals surface area contributed by atoms with E-state index < -0.39 is 0 Å². The molecule has 18 heavy (non-hydrogen) atoms. The Labute approximate surface area is 105 Å². The number of rotatable bonds is 4. The van der Waals surface area contributed by atoms with Crippen LogP contribution in [0.3, 0.4) is 0 Å². The van der Waals surface area contributed by atoms with E-state index in [4.69, 9.17) is 0 Å². The molecular weight excluding hydrogens is 231 g/mol. The quantitative estimate of drug-likeness (QED) is 0.896. The van der Waals surface area contributed by atoms with Crippen LogP contribution in [-0.4, -0.2) is 21.0 Å². The molecule has 1 aliphatic rings. The maximum Gasteiger partial charge on any atom is 0.128 e. The standard InChI is InChI=1S/C13H15FN4/c1-9-12(14)3-2-4-13(9)18-11(8-16-17-18)7-15-10-5-6-10/h2-4,8,10,15H,5-7H2,1H3. The van der Waals surface area contributed by atoms with Gasteiger partial charge in [-0.25, -0.2) is 9.07 Å². The zero-order valence-electron chi connectivity index (χ0n) is 10.2. The van der Waals surface area contributed by atoms with Crippen LogP contribution in [-0.2, 0) is 6.54 Å². The van der Waals surface area contributed by atoms with Gasteiger partial charge in [0.2, 0.25) is 0 Å². The topological polar surface area (TPSA) is 42.7 Å². The van der Waals surface area contributed by atoms with Crippen LogP contribution in [0.1, 0.15) is 24.1 Å². The number of hydrogen-bond donors (Lipinski definition) is 1. The maximum atomic E-state index is 13.5. The lowest BCUT2D eigenvalue weighted by molar-refractivity contribution is 0.609. The van der Waals surface area contributed by atoms with Crippen molar-refractivity contribution >= 4 is 0 Å². The zero-order valence-corrected chi connectivity index (χ0v) is 10.2. The Kier molecular flexibility index (Phi) is 2.83. The second-order valence-corrected chi connectivity index (χ2v) is 4.68. The molecule has 1 heterocycles. The largest absolute Gasteiger partial charge is 0.308 e. The Balaban J connectivity index is 1.90. The minimum absolute atomic E-state index is 0.218. The van der Waals surface area contributed by atoms with Crippen molar-refractivity contribution in [2.45, 2.75) is 32.4 Å². The van der Waals surface area contributed by atoms with Crippen molar-refractivity contribution in [1.82, 2.24) is 20.3 Å². The second kappa shape index (κ2) is 4.49. The lowest BCUT2D eigenvalue weighted by Crippen LogP contribution is -2.18. The van der Waals surface area contributed by atoms with Crippen LogP contribution < -0.4 is 5.32 Å². The molecule has 0 aliphatic heterocycles. The summed E-state index contributed by atoms with van der Waals surface area (Å²) in [4.78, 5) is 0. The molecule has 0 atom stereocenters. The molecule has 0 unspecified atom stereocenters. The average molecular weight is 246 g/mol.